The first kappa shape index (κ1) is 26.3. The number of hydrogen-bond donors (Lipinski definition) is 0. The molecular formula is C29H35FN2O3. The molecule has 35 heavy (non-hydrogen) atoms. The van der Waals surface area contributed by atoms with Crippen LogP contribution in [0.5, 0.6) is 11.5 Å². The van der Waals surface area contributed by atoms with Crippen molar-refractivity contribution in [3.05, 3.63) is 71.8 Å². The summed E-state index contributed by atoms with van der Waals surface area (Å²) in [4.78, 5) is 21.4. The van der Waals surface area contributed by atoms with Gasteiger partial charge in [0.05, 0.1) is 12.2 Å². The van der Waals surface area contributed by atoms with Crippen molar-refractivity contribution in [2.24, 2.45) is 0 Å². The Hall–Kier alpha value is -3.28. The third-order valence-corrected chi connectivity index (χ3v) is 5.77. The number of benzene rings is 2. The first-order valence-corrected chi connectivity index (χ1v) is 12.7. The molecule has 0 aliphatic carbocycles. The second kappa shape index (κ2) is 14.2. The first-order chi connectivity index (χ1) is 17.1. The fourth-order valence-electron chi connectivity index (χ4n) is 3.68. The van der Waals surface area contributed by atoms with E-state index in [0.717, 1.165) is 49.3 Å². The summed E-state index contributed by atoms with van der Waals surface area (Å²) in [5, 5.41) is 0. The quantitative estimate of drug-likeness (QED) is 0.136. The molecular weight excluding hydrogens is 443 g/mol. The summed E-state index contributed by atoms with van der Waals surface area (Å²) in [5.41, 5.74) is 2.08. The number of aryl methyl sites for hydroxylation is 1. The van der Waals surface area contributed by atoms with Gasteiger partial charge in [0.25, 0.3) is 0 Å². The van der Waals surface area contributed by atoms with Crippen LogP contribution in [0, 0.1) is 5.82 Å². The van der Waals surface area contributed by atoms with E-state index in [-0.39, 0.29) is 11.3 Å². The molecule has 0 unspecified atom stereocenters. The summed E-state index contributed by atoms with van der Waals surface area (Å²) in [5.74, 6) is -0.0697. The van der Waals surface area contributed by atoms with Gasteiger partial charge < -0.3 is 9.47 Å². The van der Waals surface area contributed by atoms with Crippen molar-refractivity contribution in [3.63, 3.8) is 0 Å². The zero-order chi connectivity index (χ0) is 24.9. The van der Waals surface area contributed by atoms with Crippen LogP contribution in [0.15, 0.2) is 54.9 Å². The molecule has 0 aliphatic rings. The summed E-state index contributed by atoms with van der Waals surface area (Å²) < 4.78 is 25.3. The van der Waals surface area contributed by atoms with Crippen molar-refractivity contribution in [3.8, 4) is 22.9 Å². The molecule has 186 valence electrons. The van der Waals surface area contributed by atoms with Gasteiger partial charge in [-0.2, -0.15) is 0 Å². The number of carbonyl (C=O) groups excluding carboxylic acids is 1. The van der Waals surface area contributed by atoms with Crippen LogP contribution in [0.25, 0.3) is 11.4 Å². The van der Waals surface area contributed by atoms with E-state index in [1.54, 1.807) is 24.3 Å². The third-order valence-electron chi connectivity index (χ3n) is 5.77. The summed E-state index contributed by atoms with van der Waals surface area (Å²) >= 11 is 0. The van der Waals surface area contributed by atoms with E-state index in [9.17, 15) is 9.18 Å². The molecule has 2 aromatic carbocycles. The first-order valence-electron chi connectivity index (χ1n) is 12.7. The average Bonchev–Trinajstić information content (AvgIpc) is 2.88. The largest absolute Gasteiger partial charge is 0.491 e. The molecule has 0 aliphatic heterocycles. The molecule has 0 amide bonds. The smallest absolute Gasteiger partial charge is 0.343 e. The number of ether oxygens (including phenoxy) is 2. The van der Waals surface area contributed by atoms with Crippen molar-refractivity contribution >= 4 is 5.97 Å². The lowest BCUT2D eigenvalue weighted by Gasteiger charge is -2.09. The SMILES string of the molecule is CCCCCCCOc1ccc(C(=O)Oc2ccc(-c3ncc(CCCCC)cn3)cc2)cc1F. The van der Waals surface area contributed by atoms with E-state index in [2.05, 4.69) is 23.8 Å². The van der Waals surface area contributed by atoms with Crippen molar-refractivity contribution in [1.29, 1.82) is 0 Å². The number of rotatable bonds is 14. The highest BCUT2D eigenvalue weighted by Gasteiger charge is 2.13. The minimum Gasteiger partial charge on any atom is -0.491 e. The molecule has 1 heterocycles. The third kappa shape index (κ3) is 8.46. The van der Waals surface area contributed by atoms with E-state index in [4.69, 9.17) is 9.47 Å². The minimum absolute atomic E-state index is 0.129. The average molecular weight is 479 g/mol. The monoisotopic (exact) mass is 478 g/mol. The molecule has 1 aromatic heterocycles. The van der Waals surface area contributed by atoms with Crippen molar-refractivity contribution < 1.29 is 18.7 Å². The maximum Gasteiger partial charge on any atom is 0.343 e. The Morgan fingerprint density at radius 1 is 0.857 bits per heavy atom. The second-order valence-electron chi connectivity index (χ2n) is 8.69. The van der Waals surface area contributed by atoms with Crippen LogP contribution in [0.4, 0.5) is 4.39 Å². The highest BCUT2D eigenvalue weighted by molar-refractivity contribution is 5.91. The minimum atomic E-state index is -0.629. The van der Waals surface area contributed by atoms with Gasteiger partial charge in [0.15, 0.2) is 17.4 Å². The van der Waals surface area contributed by atoms with Gasteiger partial charge in [-0.3, -0.25) is 0 Å². The van der Waals surface area contributed by atoms with Crippen LogP contribution in [0.2, 0.25) is 0 Å². The van der Waals surface area contributed by atoms with Crippen LogP contribution in [-0.4, -0.2) is 22.5 Å². The molecule has 6 heteroatoms. The maximum atomic E-state index is 14.4. The lowest BCUT2D eigenvalue weighted by molar-refractivity contribution is 0.0734. The predicted octanol–water partition coefficient (Wildman–Crippen LogP) is 7.58. The van der Waals surface area contributed by atoms with Crippen LogP contribution >= 0.6 is 0 Å². The van der Waals surface area contributed by atoms with E-state index < -0.39 is 11.8 Å². The molecule has 5 nitrogen and oxygen atoms in total. The zero-order valence-electron chi connectivity index (χ0n) is 20.8. The van der Waals surface area contributed by atoms with Crippen LogP contribution < -0.4 is 9.47 Å². The molecule has 0 saturated heterocycles. The number of aromatic nitrogens is 2. The maximum absolute atomic E-state index is 14.4. The number of hydrogen-bond acceptors (Lipinski definition) is 5. The number of esters is 1. The lowest BCUT2D eigenvalue weighted by atomic mass is 10.1. The number of unbranched alkanes of at least 4 members (excludes halogenated alkanes) is 6. The molecule has 0 spiro atoms. The van der Waals surface area contributed by atoms with Crippen LogP contribution in [0.3, 0.4) is 0 Å². The Kier molecular flexibility index (Phi) is 10.7. The summed E-state index contributed by atoms with van der Waals surface area (Å²) in [6, 6.07) is 11.1. The summed E-state index contributed by atoms with van der Waals surface area (Å²) in [6.45, 7) is 4.81. The van der Waals surface area contributed by atoms with Crippen molar-refractivity contribution in [2.45, 2.75) is 71.6 Å². The van der Waals surface area contributed by atoms with E-state index in [1.165, 1.54) is 37.8 Å². The van der Waals surface area contributed by atoms with Gasteiger partial charge in [0.1, 0.15) is 5.75 Å². The fourth-order valence-corrected chi connectivity index (χ4v) is 3.68. The van der Waals surface area contributed by atoms with E-state index in [0.29, 0.717) is 18.2 Å². The van der Waals surface area contributed by atoms with Gasteiger partial charge in [0, 0.05) is 18.0 Å². The van der Waals surface area contributed by atoms with Crippen molar-refractivity contribution in [1.82, 2.24) is 9.97 Å². The molecule has 3 rings (SSSR count). The lowest BCUT2D eigenvalue weighted by Crippen LogP contribution is -2.09. The highest BCUT2D eigenvalue weighted by Crippen LogP contribution is 2.23. The standard InChI is InChI=1S/C29H35FN2O3/c1-3-5-7-8-10-18-34-27-17-14-24(19-26(27)30)29(33)35-25-15-12-23(13-16-25)28-31-20-22(21-32-28)11-9-6-4-2/h12-17,19-21H,3-11,18H2,1-2H3. The number of halogens is 1. The normalized spacial score (nSPS) is 10.8. The molecule has 0 radical (unpaired) electrons. The van der Waals surface area contributed by atoms with Gasteiger partial charge in [0.2, 0.25) is 0 Å². The Bertz CT molecular complexity index is 1050. The van der Waals surface area contributed by atoms with Crippen molar-refractivity contribution in [2.75, 3.05) is 6.61 Å². The summed E-state index contributed by atoms with van der Waals surface area (Å²) in [6.07, 6.45) is 13.7. The van der Waals surface area contributed by atoms with E-state index >= 15 is 0 Å². The van der Waals surface area contributed by atoms with Gasteiger partial charge in [-0.15, -0.1) is 0 Å². The van der Waals surface area contributed by atoms with Crippen LogP contribution in [0.1, 0.15) is 81.1 Å². The topological polar surface area (TPSA) is 61.3 Å². The summed E-state index contributed by atoms with van der Waals surface area (Å²) in [7, 11) is 0. The molecule has 0 fully saturated rings. The van der Waals surface area contributed by atoms with Gasteiger partial charge in [-0.1, -0.05) is 52.4 Å². The molecule has 0 bridgehead atoms. The number of carbonyl (C=O) groups is 1. The Balaban J connectivity index is 1.52. The second-order valence-corrected chi connectivity index (χ2v) is 8.69. The Labute approximate surface area is 207 Å². The predicted molar refractivity (Wildman–Crippen MR) is 136 cm³/mol. The van der Waals surface area contributed by atoms with Gasteiger partial charge in [-0.25, -0.2) is 19.2 Å². The Morgan fingerprint density at radius 2 is 1.54 bits per heavy atom. The molecule has 3 aromatic rings. The molecule has 0 saturated carbocycles. The van der Waals surface area contributed by atoms with E-state index in [1.807, 2.05) is 12.4 Å². The fraction of sp³-hybridized carbons (Fsp3) is 0.414. The molecule has 0 N–H and O–H groups in total. The van der Waals surface area contributed by atoms with Crippen LogP contribution in [-0.2, 0) is 6.42 Å². The Morgan fingerprint density at radius 3 is 2.23 bits per heavy atom. The number of nitrogens with zero attached hydrogens (tertiary/aromatic N) is 2. The van der Waals surface area contributed by atoms with Gasteiger partial charge >= 0.3 is 5.97 Å². The highest BCUT2D eigenvalue weighted by atomic mass is 19.1. The van der Waals surface area contributed by atoms with Gasteiger partial charge in [-0.05, 0) is 67.3 Å². The molecule has 0 atom stereocenters. The zero-order valence-corrected chi connectivity index (χ0v) is 20.8.